The molecule has 0 saturated carbocycles. The van der Waals surface area contributed by atoms with Crippen molar-refractivity contribution in [1.29, 1.82) is 0 Å². The van der Waals surface area contributed by atoms with Crippen LogP contribution in [0.3, 0.4) is 0 Å². The standard InChI is InChI=1S/C20H23ClN4O5S/c1-2-31(29,30)24-11-9-23(10-12-24)14-15-3-5-16(6-4-15)20(26)22-19-13-17(25(27)28)7-8-18(19)21/h3-8,13H,2,9-12,14H2,1H3,(H,22,26). The maximum atomic E-state index is 12.5. The molecule has 1 aliphatic heterocycles. The van der Waals surface area contributed by atoms with Crippen LogP contribution in [0.2, 0.25) is 5.02 Å². The molecular weight excluding hydrogens is 444 g/mol. The van der Waals surface area contributed by atoms with Gasteiger partial charge in [0.25, 0.3) is 11.6 Å². The van der Waals surface area contributed by atoms with Crippen LogP contribution in [0.15, 0.2) is 42.5 Å². The van der Waals surface area contributed by atoms with Crippen molar-refractivity contribution in [2.75, 3.05) is 37.2 Å². The van der Waals surface area contributed by atoms with Gasteiger partial charge in [0.15, 0.2) is 0 Å². The Morgan fingerprint density at radius 2 is 1.77 bits per heavy atom. The van der Waals surface area contributed by atoms with Crippen molar-refractivity contribution < 1.29 is 18.1 Å². The molecule has 0 atom stereocenters. The topological polar surface area (TPSA) is 113 Å². The molecule has 9 nitrogen and oxygen atoms in total. The van der Waals surface area contributed by atoms with Crippen LogP contribution >= 0.6 is 11.6 Å². The van der Waals surface area contributed by atoms with E-state index in [4.69, 9.17) is 11.6 Å². The molecule has 11 heteroatoms. The summed E-state index contributed by atoms with van der Waals surface area (Å²) in [5, 5.41) is 13.7. The van der Waals surface area contributed by atoms with E-state index in [9.17, 15) is 23.3 Å². The number of carbonyl (C=O) groups is 1. The lowest BCUT2D eigenvalue weighted by atomic mass is 10.1. The van der Waals surface area contributed by atoms with Gasteiger partial charge < -0.3 is 5.32 Å². The second kappa shape index (κ2) is 9.73. The monoisotopic (exact) mass is 466 g/mol. The number of non-ortho nitro benzene ring substituents is 1. The van der Waals surface area contributed by atoms with Crippen molar-refractivity contribution in [3.8, 4) is 0 Å². The number of rotatable bonds is 7. The number of sulfonamides is 1. The van der Waals surface area contributed by atoms with E-state index in [1.165, 1.54) is 22.5 Å². The molecule has 1 heterocycles. The van der Waals surface area contributed by atoms with Crippen molar-refractivity contribution in [2.24, 2.45) is 0 Å². The molecule has 1 amide bonds. The zero-order valence-electron chi connectivity index (χ0n) is 17.0. The number of hydrogen-bond acceptors (Lipinski definition) is 6. The fourth-order valence-corrected chi connectivity index (χ4v) is 4.53. The van der Waals surface area contributed by atoms with Gasteiger partial charge in [0.05, 0.1) is 21.4 Å². The summed E-state index contributed by atoms with van der Waals surface area (Å²) in [6.45, 7) is 4.53. The maximum absolute atomic E-state index is 12.5. The number of benzene rings is 2. The zero-order valence-corrected chi connectivity index (χ0v) is 18.5. The van der Waals surface area contributed by atoms with Crippen LogP contribution in [0.5, 0.6) is 0 Å². The fourth-order valence-electron chi connectivity index (χ4n) is 3.29. The predicted octanol–water partition coefficient (Wildman–Crippen LogP) is 2.97. The van der Waals surface area contributed by atoms with E-state index in [1.807, 2.05) is 12.1 Å². The van der Waals surface area contributed by atoms with Crippen molar-refractivity contribution >= 4 is 38.9 Å². The first-order valence-electron chi connectivity index (χ1n) is 9.74. The molecule has 1 saturated heterocycles. The van der Waals surface area contributed by atoms with Gasteiger partial charge in [-0.15, -0.1) is 0 Å². The Bertz CT molecular complexity index is 1070. The van der Waals surface area contributed by atoms with Crippen LogP contribution in [-0.2, 0) is 16.6 Å². The summed E-state index contributed by atoms with van der Waals surface area (Å²) in [7, 11) is -3.15. The summed E-state index contributed by atoms with van der Waals surface area (Å²) in [4.78, 5) is 25.0. The largest absolute Gasteiger partial charge is 0.320 e. The van der Waals surface area contributed by atoms with Crippen LogP contribution < -0.4 is 5.32 Å². The number of piperazine rings is 1. The molecule has 0 unspecified atom stereocenters. The highest BCUT2D eigenvalue weighted by atomic mass is 35.5. The number of carbonyl (C=O) groups excluding carboxylic acids is 1. The average molecular weight is 467 g/mol. The molecule has 1 aliphatic rings. The Balaban J connectivity index is 1.59. The second-order valence-corrected chi connectivity index (χ2v) is 9.81. The maximum Gasteiger partial charge on any atom is 0.271 e. The molecule has 166 valence electrons. The summed E-state index contributed by atoms with van der Waals surface area (Å²) in [5.41, 5.74) is 1.40. The number of nitrogens with one attached hydrogen (secondary N) is 1. The number of nitro benzene ring substituents is 1. The van der Waals surface area contributed by atoms with Gasteiger partial charge in [-0.3, -0.25) is 19.8 Å². The van der Waals surface area contributed by atoms with Crippen LogP contribution in [-0.4, -0.2) is 60.4 Å². The number of halogens is 1. The fraction of sp³-hybridized carbons (Fsp3) is 0.350. The smallest absolute Gasteiger partial charge is 0.271 e. The minimum Gasteiger partial charge on any atom is -0.320 e. The van der Waals surface area contributed by atoms with Gasteiger partial charge in [0, 0.05) is 50.4 Å². The van der Waals surface area contributed by atoms with E-state index < -0.39 is 20.9 Å². The third kappa shape index (κ3) is 5.79. The van der Waals surface area contributed by atoms with E-state index in [2.05, 4.69) is 10.2 Å². The minimum absolute atomic E-state index is 0.109. The number of anilines is 1. The first-order valence-corrected chi connectivity index (χ1v) is 11.7. The van der Waals surface area contributed by atoms with Crippen LogP contribution in [0, 0.1) is 10.1 Å². The number of nitrogens with zero attached hydrogens (tertiary/aromatic N) is 3. The molecule has 1 N–H and O–H groups in total. The van der Waals surface area contributed by atoms with Gasteiger partial charge in [-0.25, -0.2) is 8.42 Å². The molecule has 2 aromatic carbocycles. The highest BCUT2D eigenvalue weighted by Crippen LogP contribution is 2.27. The third-order valence-corrected chi connectivity index (χ3v) is 7.33. The summed E-state index contributed by atoms with van der Waals surface area (Å²) < 4.78 is 25.4. The van der Waals surface area contributed by atoms with Crippen molar-refractivity contribution in [3.05, 3.63) is 68.7 Å². The lowest BCUT2D eigenvalue weighted by molar-refractivity contribution is -0.384. The van der Waals surface area contributed by atoms with Crippen molar-refractivity contribution in [3.63, 3.8) is 0 Å². The van der Waals surface area contributed by atoms with Crippen LogP contribution in [0.25, 0.3) is 0 Å². The van der Waals surface area contributed by atoms with E-state index in [0.717, 1.165) is 5.56 Å². The van der Waals surface area contributed by atoms with Gasteiger partial charge in [-0.05, 0) is 30.7 Å². The Kier molecular flexibility index (Phi) is 7.26. The quantitative estimate of drug-likeness (QED) is 0.495. The summed E-state index contributed by atoms with van der Waals surface area (Å²) in [6.07, 6.45) is 0. The normalized spacial score (nSPS) is 15.5. The van der Waals surface area contributed by atoms with E-state index >= 15 is 0 Å². The molecule has 0 radical (unpaired) electrons. The van der Waals surface area contributed by atoms with Crippen molar-refractivity contribution in [2.45, 2.75) is 13.5 Å². The van der Waals surface area contributed by atoms with Gasteiger partial charge in [-0.1, -0.05) is 23.7 Å². The van der Waals surface area contributed by atoms with E-state index in [-0.39, 0.29) is 22.2 Å². The van der Waals surface area contributed by atoms with E-state index in [0.29, 0.717) is 38.3 Å². The highest BCUT2D eigenvalue weighted by molar-refractivity contribution is 7.89. The first-order chi connectivity index (χ1) is 14.7. The molecule has 3 rings (SSSR count). The second-order valence-electron chi connectivity index (χ2n) is 7.15. The molecule has 0 aliphatic carbocycles. The molecule has 1 fully saturated rings. The Labute approximate surface area is 185 Å². The molecule has 2 aromatic rings. The Morgan fingerprint density at radius 1 is 1.13 bits per heavy atom. The number of amides is 1. The first kappa shape index (κ1) is 23.1. The molecule has 31 heavy (non-hydrogen) atoms. The third-order valence-electron chi connectivity index (χ3n) is 5.12. The van der Waals surface area contributed by atoms with Crippen molar-refractivity contribution in [1.82, 2.24) is 9.21 Å². The lowest BCUT2D eigenvalue weighted by Gasteiger charge is -2.33. The molecule has 0 aromatic heterocycles. The lowest BCUT2D eigenvalue weighted by Crippen LogP contribution is -2.48. The molecule has 0 spiro atoms. The Hall–Kier alpha value is -2.53. The number of nitro groups is 1. The zero-order chi connectivity index (χ0) is 22.6. The van der Waals surface area contributed by atoms with Gasteiger partial charge in [0.2, 0.25) is 10.0 Å². The van der Waals surface area contributed by atoms with Gasteiger partial charge in [0.1, 0.15) is 0 Å². The highest BCUT2D eigenvalue weighted by Gasteiger charge is 2.25. The van der Waals surface area contributed by atoms with Gasteiger partial charge in [-0.2, -0.15) is 4.31 Å². The number of hydrogen-bond donors (Lipinski definition) is 1. The average Bonchev–Trinajstić information content (AvgIpc) is 2.76. The summed E-state index contributed by atoms with van der Waals surface area (Å²) in [5.74, 6) is -0.315. The predicted molar refractivity (Wildman–Crippen MR) is 119 cm³/mol. The SMILES string of the molecule is CCS(=O)(=O)N1CCN(Cc2ccc(C(=O)Nc3cc([N+](=O)[O-])ccc3Cl)cc2)CC1. The minimum atomic E-state index is -3.15. The van der Waals surface area contributed by atoms with Crippen LogP contribution in [0.4, 0.5) is 11.4 Å². The summed E-state index contributed by atoms with van der Waals surface area (Å²) in [6, 6.07) is 10.9. The Morgan fingerprint density at radius 3 is 2.35 bits per heavy atom. The molecule has 0 bridgehead atoms. The van der Waals surface area contributed by atoms with Gasteiger partial charge >= 0.3 is 0 Å². The summed E-state index contributed by atoms with van der Waals surface area (Å²) >= 11 is 6.03. The molecular formula is C20H23ClN4O5S. The van der Waals surface area contributed by atoms with E-state index in [1.54, 1.807) is 19.1 Å². The van der Waals surface area contributed by atoms with Crippen LogP contribution in [0.1, 0.15) is 22.8 Å².